The van der Waals surface area contributed by atoms with Gasteiger partial charge in [0.1, 0.15) is 23.0 Å². The predicted molar refractivity (Wildman–Crippen MR) is 62.3 cm³/mol. The van der Waals surface area contributed by atoms with Crippen LogP contribution in [0.1, 0.15) is 13.8 Å². The summed E-state index contributed by atoms with van der Waals surface area (Å²) in [7, 11) is -1.05. The van der Waals surface area contributed by atoms with Crippen molar-refractivity contribution >= 4 is 11.4 Å². The first kappa shape index (κ1) is 14.5. The zero-order chi connectivity index (χ0) is 14.4. The minimum absolute atomic E-state index is 0.0966. The number of benzene rings is 1. The van der Waals surface area contributed by atoms with Crippen molar-refractivity contribution in [1.29, 1.82) is 0 Å². The van der Waals surface area contributed by atoms with Crippen LogP contribution in [0.4, 0.5) is 11.4 Å². The zero-order valence-corrected chi connectivity index (χ0v) is 12.1. The van der Waals surface area contributed by atoms with Crippen LogP contribution in [0.15, 0.2) is 24.3 Å². The Kier molecular flexibility index (Phi) is 3.51. The van der Waals surface area contributed by atoms with E-state index in [2.05, 4.69) is 0 Å². The SMILES string of the molecule is CC(C)C1N(C)c2ccccc2[N+]1(C)O[Cl+3]([O-])([O-])[O-]. The number of para-hydroxylation sites is 2. The molecule has 2 unspecified atom stereocenters. The highest BCUT2D eigenvalue weighted by Crippen LogP contribution is 2.46. The lowest BCUT2D eigenvalue weighted by Crippen LogP contribution is -2.70. The van der Waals surface area contributed by atoms with E-state index < -0.39 is 14.9 Å². The van der Waals surface area contributed by atoms with Crippen LogP contribution in [0.5, 0.6) is 0 Å². The number of anilines is 1. The molecule has 0 saturated heterocycles. The van der Waals surface area contributed by atoms with Crippen LogP contribution in [0.3, 0.4) is 0 Å². The number of halogens is 1. The molecule has 19 heavy (non-hydrogen) atoms. The van der Waals surface area contributed by atoms with Crippen LogP contribution in [0.25, 0.3) is 0 Å². The van der Waals surface area contributed by atoms with E-state index in [4.69, 9.17) is 4.39 Å². The van der Waals surface area contributed by atoms with Gasteiger partial charge in [-0.1, -0.05) is 26.0 Å². The van der Waals surface area contributed by atoms with Crippen LogP contribution in [0, 0.1) is 16.2 Å². The van der Waals surface area contributed by atoms with Gasteiger partial charge in [-0.25, -0.2) is 0 Å². The van der Waals surface area contributed by atoms with Crippen molar-refractivity contribution in [1.82, 2.24) is 4.65 Å². The summed E-state index contributed by atoms with van der Waals surface area (Å²) < 4.78 is 37.6. The van der Waals surface area contributed by atoms with Crippen molar-refractivity contribution in [2.24, 2.45) is 5.92 Å². The Hall–Kier alpha value is -0.890. The zero-order valence-electron chi connectivity index (χ0n) is 11.4. The molecule has 1 aromatic carbocycles. The molecule has 7 heteroatoms. The molecular weight excluding hydrogens is 272 g/mol. The molecule has 0 amide bonds. The second kappa shape index (κ2) is 4.59. The van der Waals surface area contributed by atoms with E-state index in [-0.39, 0.29) is 12.1 Å². The minimum atomic E-state index is -4.51. The first-order chi connectivity index (χ1) is 8.67. The van der Waals surface area contributed by atoms with E-state index >= 15 is 0 Å². The summed E-state index contributed by atoms with van der Waals surface area (Å²) in [4.78, 5) is 1.95. The largest absolute Gasteiger partial charge is 0.317 e. The van der Waals surface area contributed by atoms with Gasteiger partial charge in [0, 0.05) is 23.7 Å². The molecule has 0 radical (unpaired) electrons. The third-order valence-corrected chi connectivity index (χ3v) is 3.92. The maximum absolute atomic E-state index is 11.0. The van der Waals surface area contributed by atoms with Gasteiger partial charge in [0.15, 0.2) is 0 Å². The molecule has 0 bridgehead atoms. The summed E-state index contributed by atoms with van der Waals surface area (Å²) in [5.74, 6) is 0.0966. The molecule has 106 valence electrons. The molecule has 1 aliphatic rings. The molecule has 0 fully saturated rings. The van der Waals surface area contributed by atoms with E-state index in [0.717, 1.165) is 5.69 Å². The Morgan fingerprint density at radius 1 is 1.26 bits per heavy atom. The third kappa shape index (κ3) is 2.43. The minimum Gasteiger partial charge on any atom is -0.317 e. The van der Waals surface area contributed by atoms with Crippen molar-refractivity contribution in [3.05, 3.63) is 24.3 Å². The lowest BCUT2D eigenvalue weighted by molar-refractivity contribution is -1.92. The highest BCUT2D eigenvalue weighted by Gasteiger charge is 2.59. The van der Waals surface area contributed by atoms with Crippen molar-refractivity contribution in [2.75, 3.05) is 19.0 Å². The van der Waals surface area contributed by atoms with E-state index in [0.29, 0.717) is 5.69 Å². The van der Waals surface area contributed by atoms with Crippen LogP contribution >= 0.6 is 0 Å². The molecule has 0 aromatic heterocycles. The van der Waals surface area contributed by atoms with E-state index in [1.165, 1.54) is 0 Å². The number of quaternary nitrogens is 1. The molecule has 0 N–H and O–H groups in total. The highest BCUT2D eigenvalue weighted by atomic mass is 35.7. The van der Waals surface area contributed by atoms with Gasteiger partial charge in [0.05, 0.1) is 0 Å². The van der Waals surface area contributed by atoms with Gasteiger partial charge < -0.3 is 4.90 Å². The van der Waals surface area contributed by atoms with E-state index in [1.807, 2.05) is 37.9 Å². The van der Waals surface area contributed by atoms with Crippen molar-refractivity contribution in [3.63, 3.8) is 0 Å². The maximum atomic E-state index is 11.0. The van der Waals surface area contributed by atoms with Gasteiger partial charge in [-0.3, -0.25) is 0 Å². The lowest BCUT2D eigenvalue weighted by atomic mass is 10.1. The normalized spacial score (nSPS) is 26.9. The second-order valence-corrected chi connectivity index (χ2v) is 6.09. The Labute approximate surface area is 114 Å². The van der Waals surface area contributed by atoms with Gasteiger partial charge in [-0.05, 0) is 6.07 Å². The maximum Gasteiger partial charge on any atom is 0.276 e. The first-order valence-electron chi connectivity index (χ1n) is 5.97. The van der Waals surface area contributed by atoms with Crippen molar-refractivity contribution in [2.45, 2.75) is 20.0 Å². The lowest BCUT2D eigenvalue weighted by Gasteiger charge is -2.32. The molecule has 1 aliphatic heterocycles. The monoisotopic (exact) mass is 289 g/mol. The summed E-state index contributed by atoms with van der Waals surface area (Å²) in [6.07, 6.45) is -0.284. The molecule has 0 saturated carbocycles. The summed E-state index contributed by atoms with van der Waals surface area (Å²) in [5, 5.41) is 0. The smallest absolute Gasteiger partial charge is 0.276 e. The number of rotatable bonds is 3. The third-order valence-electron chi connectivity index (χ3n) is 3.47. The standard InChI is InChI=1S/C12H18ClN2O4/c1-9(2)12-14(3)10-7-5-6-8-11(10)15(12,4)19-13(16,17)18/h5-9,12H,1-4H3/q+1. The molecule has 2 rings (SSSR count). The number of hydrogen-bond donors (Lipinski definition) is 0. The van der Waals surface area contributed by atoms with Gasteiger partial charge in [-0.15, -0.1) is 0 Å². The Morgan fingerprint density at radius 3 is 2.37 bits per heavy atom. The summed E-state index contributed by atoms with van der Waals surface area (Å²) in [5.41, 5.74) is 1.53. The highest BCUT2D eigenvalue weighted by molar-refractivity contribution is 5.73. The Bertz CT molecular complexity index is 477. The fraction of sp³-hybridized carbons (Fsp3) is 0.500. The fourth-order valence-electron chi connectivity index (χ4n) is 3.02. The van der Waals surface area contributed by atoms with Gasteiger partial charge >= 0.3 is 0 Å². The summed E-state index contributed by atoms with van der Waals surface area (Å²) in [6.45, 7) is 3.92. The molecular formula is C12H18ClN2O4+. The predicted octanol–water partition coefficient (Wildman–Crippen LogP) is -1.12. The number of hydroxylamine groups is 2. The van der Waals surface area contributed by atoms with Crippen LogP contribution in [-0.2, 0) is 4.39 Å². The molecule has 2 atom stereocenters. The van der Waals surface area contributed by atoms with Crippen molar-refractivity contribution in [3.8, 4) is 0 Å². The summed E-state index contributed by atoms with van der Waals surface area (Å²) >= 11 is 0. The van der Waals surface area contributed by atoms with Gasteiger partial charge in [-0.2, -0.15) is 14.0 Å². The average Bonchev–Trinajstić information content (AvgIpc) is 2.46. The number of fused-ring (bicyclic) bond motifs is 1. The van der Waals surface area contributed by atoms with Crippen LogP contribution in [0.2, 0.25) is 0 Å². The Balaban J connectivity index is 2.54. The second-order valence-electron chi connectivity index (χ2n) is 5.19. The average molecular weight is 290 g/mol. The molecule has 0 spiro atoms. The van der Waals surface area contributed by atoms with E-state index in [9.17, 15) is 14.0 Å². The van der Waals surface area contributed by atoms with E-state index in [1.54, 1.807) is 19.2 Å². The van der Waals surface area contributed by atoms with Gasteiger partial charge in [0.2, 0.25) is 11.9 Å². The van der Waals surface area contributed by atoms with Crippen LogP contribution < -0.4 is 23.5 Å². The first-order valence-corrected chi connectivity index (χ1v) is 7.21. The molecule has 1 aromatic rings. The Morgan fingerprint density at radius 2 is 1.84 bits per heavy atom. The molecule has 1 heterocycles. The number of nitrogens with zero attached hydrogens (tertiary/aromatic N) is 2. The summed E-state index contributed by atoms with van der Waals surface area (Å²) in [6, 6.07) is 7.32. The number of hydrogen-bond acceptors (Lipinski definition) is 5. The van der Waals surface area contributed by atoms with Crippen LogP contribution in [-0.4, -0.2) is 20.3 Å². The molecule has 0 aliphatic carbocycles. The quantitative estimate of drug-likeness (QED) is 0.659. The fourth-order valence-corrected chi connectivity index (χ4v) is 3.53. The molecule has 6 nitrogen and oxygen atoms in total. The van der Waals surface area contributed by atoms with Crippen molar-refractivity contribution < 1.29 is 28.6 Å². The van der Waals surface area contributed by atoms with Gasteiger partial charge in [0.25, 0.3) is 4.39 Å². The topological polar surface area (TPSA) is 81.7 Å².